The maximum atomic E-state index is 13.8. The maximum absolute atomic E-state index is 13.8. The van der Waals surface area contributed by atoms with Gasteiger partial charge in [0.15, 0.2) is 0 Å². The van der Waals surface area contributed by atoms with Crippen molar-refractivity contribution in [3.05, 3.63) is 64.7 Å². The van der Waals surface area contributed by atoms with Crippen LogP contribution in [0, 0.1) is 23.0 Å². The third-order valence-electron chi connectivity index (χ3n) is 3.04. The van der Waals surface area contributed by atoms with Gasteiger partial charge in [0.2, 0.25) is 0 Å². The summed E-state index contributed by atoms with van der Waals surface area (Å²) in [5.74, 6) is -1.59. The van der Waals surface area contributed by atoms with E-state index in [2.05, 4.69) is 10.1 Å². The molecule has 0 aliphatic rings. The first-order chi connectivity index (χ1) is 10.5. The van der Waals surface area contributed by atoms with Crippen molar-refractivity contribution in [1.82, 2.24) is 0 Å². The molecule has 0 saturated carbocycles. The molecule has 22 heavy (non-hydrogen) atoms. The Morgan fingerprint density at radius 3 is 2.73 bits per heavy atom. The molecule has 0 radical (unpaired) electrons. The normalized spacial score (nSPS) is 9.91. The van der Waals surface area contributed by atoms with Crippen LogP contribution in [0.2, 0.25) is 0 Å². The van der Waals surface area contributed by atoms with E-state index in [-0.39, 0.29) is 23.2 Å². The number of hydrogen-bond acceptors (Lipinski definition) is 4. The van der Waals surface area contributed by atoms with Gasteiger partial charge in [-0.15, -0.1) is 0 Å². The van der Waals surface area contributed by atoms with Crippen molar-refractivity contribution < 1.29 is 18.3 Å². The summed E-state index contributed by atoms with van der Waals surface area (Å²) < 4.78 is 31.4. The predicted molar refractivity (Wildman–Crippen MR) is 76.2 cm³/mol. The van der Waals surface area contributed by atoms with Crippen LogP contribution in [0.3, 0.4) is 0 Å². The first-order valence-corrected chi connectivity index (χ1v) is 6.35. The minimum Gasteiger partial charge on any atom is -0.465 e. The van der Waals surface area contributed by atoms with Crippen molar-refractivity contribution in [3.63, 3.8) is 0 Å². The number of halogens is 2. The Kier molecular flexibility index (Phi) is 4.69. The lowest BCUT2D eigenvalue weighted by Crippen LogP contribution is -2.07. The van der Waals surface area contributed by atoms with E-state index in [4.69, 9.17) is 5.26 Å². The van der Waals surface area contributed by atoms with Crippen LogP contribution in [0.4, 0.5) is 14.5 Å². The Hall–Kier alpha value is -2.94. The summed E-state index contributed by atoms with van der Waals surface area (Å²) in [5, 5.41) is 11.8. The Balaban J connectivity index is 2.22. The molecule has 4 nitrogen and oxygen atoms in total. The molecule has 0 heterocycles. The fraction of sp³-hybridized carbons (Fsp3) is 0.125. The molecule has 2 rings (SSSR count). The molecule has 0 spiro atoms. The lowest BCUT2D eigenvalue weighted by atomic mass is 10.1. The fourth-order valence-corrected chi connectivity index (χ4v) is 1.91. The summed E-state index contributed by atoms with van der Waals surface area (Å²) in [6.45, 7) is 0.0387. The van der Waals surface area contributed by atoms with Gasteiger partial charge >= 0.3 is 5.97 Å². The number of nitrogens with one attached hydrogen (secondary N) is 1. The van der Waals surface area contributed by atoms with E-state index in [9.17, 15) is 13.6 Å². The minimum atomic E-state index is -0.569. The quantitative estimate of drug-likeness (QED) is 0.881. The highest BCUT2D eigenvalue weighted by molar-refractivity contribution is 5.89. The highest BCUT2D eigenvalue weighted by Crippen LogP contribution is 2.18. The van der Waals surface area contributed by atoms with Crippen LogP contribution in [-0.4, -0.2) is 13.1 Å². The third kappa shape index (κ3) is 3.38. The molecule has 0 aliphatic carbocycles. The summed E-state index contributed by atoms with van der Waals surface area (Å²) in [6, 6.07) is 9.39. The van der Waals surface area contributed by atoms with Gasteiger partial charge in [0.05, 0.1) is 23.9 Å². The Morgan fingerprint density at radius 1 is 1.27 bits per heavy atom. The summed E-state index contributed by atoms with van der Waals surface area (Å²) >= 11 is 0. The zero-order valence-corrected chi connectivity index (χ0v) is 11.7. The largest absolute Gasteiger partial charge is 0.465 e. The molecule has 6 heteroatoms. The van der Waals surface area contributed by atoms with E-state index >= 15 is 0 Å². The SMILES string of the molecule is COC(=O)c1ccc(F)c(CNc2ccc(F)cc2C#N)c1. The van der Waals surface area contributed by atoms with E-state index in [1.165, 1.54) is 37.4 Å². The van der Waals surface area contributed by atoms with Gasteiger partial charge in [-0.3, -0.25) is 0 Å². The molecular formula is C16H12F2N2O2. The number of ether oxygens (including phenoxy) is 1. The van der Waals surface area contributed by atoms with E-state index in [0.717, 1.165) is 6.07 Å². The number of rotatable bonds is 4. The number of carbonyl (C=O) groups excluding carboxylic acids is 1. The summed E-state index contributed by atoms with van der Waals surface area (Å²) in [4.78, 5) is 11.4. The second-order valence-corrected chi connectivity index (χ2v) is 4.45. The van der Waals surface area contributed by atoms with Gasteiger partial charge in [-0.1, -0.05) is 0 Å². The smallest absolute Gasteiger partial charge is 0.337 e. The van der Waals surface area contributed by atoms with Gasteiger partial charge in [0.1, 0.15) is 17.7 Å². The van der Waals surface area contributed by atoms with Crippen molar-refractivity contribution in [3.8, 4) is 6.07 Å². The summed E-state index contributed by atoms with van der Waals surface area (Å²) in [5.41, 5.74) is 0.952. The van der Waals surface area contributed by atoms with Gasteiger partial charge in [0.25, 0.3) is 0 Å². The fourth-order valence-electron chi connectivity index (χ4n) is 1.91. The highest BCUT2D eigenvalue weighted by Gasteiger charge is 2.11. The number of hydrogen-bond donors (Lipinski definition) is 1. The van der Waals surface area contributed by atoms with E-state index in [0.29, 0.717) is 5.69 Å². The Morgan fingerprint density at radius 2 is 2.05 bits per heavy atom. The Bertz CT molecular complexity index is 754. The lowest BCUT2D eigenvalue weighted by molar-refractivity contribution is 0.0600. The molecule has 0 bridgehead atoms. The van der Waals surface area contributed by atoms with Crippen molar-refractivity contribution in [2.45, 2.75) is 6.54 Å². The Labute approximate surface area is 125 Å². The number of carbonyl (C=O) groups is 1. The third-order valence-corrected chi connectivity index (χ3v) is 3.04. The molecule has 0 fully saturated rings. The van der Waals surface area contributed by atoms with Crippen molar-refractivity contribution in [2.24, 2.45) is 0 Å². The van der Waals surface area contributed by atoms with Gasteiger partial charge in [-0.25, -0.2) is 13.6 Å². The average Bonchev–Trinajstić information content (AvgIpc) is 2.54. The van der Waals surface area contributed by atoms with E-state index in [1.807, 2.05) is 6.07 Å². The molecule has 1 N–H and O–H groups in total. The molecule has 0 saturated heterocycles. The first-order valence-electron chi connectivity index (χ1n) is 6.35. The van der Waals surface area contributed by atoms with E-state index < -0.39 is 17.6 Å². The minimum absolute atomic E-state index is 0.0387. The van der Waals surface area contributed by atoms with Gasteiger partial charge < -0.3 is 10.1 Å². The highest BCUT2D eigenvalue weighted by atomic mass is 19.1. The number of benzene rings is 2. The number of nitrogens with zero attached hydrogens (tertiary/aromatic N) is 1. The molecule has 0 atom stereocenters. The maximum Gasteiger partial charge on any atom is 0.337 e. The predicted octanol–water partition coefficient (Wildman–Crippen LogP) is 3.24. The molecule has 112 valence electrons. The number of anilines is 1. The summed E-state index contributed by atoms with van der Waals surface area (Å²) in [7, 11) is 1.24. The van der Waals surface area contributed by atoms with E-state index in [1.54, 1.807) is 0 Å². The molecule has 0 amide bonds. The first kappa shape index (κ1) is 15.4. The number of esters is 1. The second-order valence-electron chi connectivity index (χ2n) is 4.45. The molecule has 0 unspecified atom stereocenters. The van der Waals surface area contributed by atoms with Crippen LogP contribution in [0.15, 0.2) is 36.4 Å². The van der Waals surface area contributed by atoms with Crippen LogP contribution in [0.5, 0.6) is 0 Å². The monoisotopic (exact) mass is 302 g/mol. The zero-order valence-electron chi connectivity index (χ0n) is 11.7. The van der Waals surface area contributed by atoms with Crippen LogP contribution in [0.1, 0.15) is 21.5 Å². The van der Waals surface area contributed by atoms with Gasteiger partial charge in [-0.2, -0.15) is 5.26 Å². The molecule has 0 aromatic heterocycles. The second kappa shape index (κ2) is 6.68. The number of methoxy groups -OCH3 is 1. The zero-order chi connectivity index (χ0) is 16.1. The molecular weight excluding hydrogens is 290 g/mol. The molecule has 2 aromatic carbocycles. The average molecular weight is 302 g/mol. The molecule has 0 aliphatic heterocycles. The van der Waals surface area contributed by atoms with Crippen LogP contribution in [0.25, 0.3) is 0 Å². The number of nitriles is 1. The molecule has 2 aromatic rings. The lowest BCUT2D eigenvalue weighted by Gasteiger charge is -2.10. The standard InChI is InChI=1S/C16H12F2N2O2/c1-22-16(21)10-2-4-14(18)12(6-10)9-20-15-5-3-13(17)7-11(15)8-19/h2-7,20H,9H2,1H3. The topological polar surface area (TPSA) is 62.1 Å². The van der Waals surface area contributed by atoms with Crippen molar-refractivity contribution in [2.75, 3.05) is 12.4 Å². The van der Waals surface area contributed by atoms with Crippen molar-refractivity contribution in [1.29, 1.82) is 5.26 Å². The van der Waals surface area contributed by atoms with Crippen molar-refractivity contribution >= 4 is 11.7 Å². The van der Waals surface area contributed by atoms with Crippen LogP contribution in [-0.2, 0) is 11.3 Å². The summed E-state index contributed by atoms with van der Waals surface area (Å²) in [6.07, 6.45) is 0. The van der Waals surface area contributed by atoms with Crippen LogP contribution < -0.4 is 5.32 Å². The van der Waals surface area contributed by atoms with Gasteiger partial charge in [-0.05, 0) is 36.4 Å². The van der Waals surface area contributed by atoms with Crippen LogP contribution >= 0.6 is 0 Å². The van der Waals surface area contributed by atoms with Gasteiger partial charge in [0, 0.05) is 12.1 Å².